The molecule has 0 bridgehead atoms. The number of nitrogens with zero attached hydrogens (tertiary/aromatic N) is 1. The van der Waals surface area contributed by atoms with E-state index in [1.807, 2.05) is 0 Å². The number of aryl methyl sites for hydroxylation is 1. The van der Waals surface area contributed by atoms with E-state index in [1.54, 1.807) is 23.5 Å². The summed E-state index contributed by atoms with van der Waals surface area (Å²) in [6.07, 6.45) is 0.621. The van der Waals surface area contributed by atoms with Gasteiger partial charge in [-0.1, -0.05) is 29.3 Å². The molecule has 0 spiro atoms. The fourth-order valence-corrected chi connectivity index (χ4v) is 3.70. The van der Waals surface area contributed by atoms with E-state index in [2.05, 4.69) is 30.1 Å². The van der Waals surface area contributed by atoms with Crippen LogP contribution in [0.4, 0.5) is 5.69 Å². The Kier molecular flexibility index (Phi) is 3.59. The van der Waals surface area contributed by atoms with Gasteiger partial charge in [-0.25, -0.2) is 4.98 Å². The van der Waals surface area contributed by atoms with Gasteiger partial charge in [0.25, 0.3) is 0 Å². The average molecular weight is 323 g/mol. The largest absolute Gasteiger partial charge is 0.399 e. The van der Waals surface area contributed by atoms with Crippen LogP contribution in [0.1, 0.15) is 16.1 Å². The van der Waals surface area contributed by atoms with Crippen molar-refractivity contribution in [2.75, 3.05) is 5.73 Å². The lowest BCUT2D eigenvalue weighted by Crippen LogP contribution is -1.93. The lowest BCUT2D eigenvalue weighted by atomic mass is 10.1. The van der Waals surface area contributed by atoms with Crippen molar-refractivity contribution in [3.63, 3.8) is 0 Å². The highest BCUT2D eigenvalue weighted by molar-refractivity contribution is 7.18. The Morgan fingerprint density at radius 2 is 1.85 bits per heavy atom. The molecule has 3 aromatic rings. The van der Waals surface area contributed by atoms with Crippen LogP contribution in [0.5, 0.6) is 0 Å². The molecule has 0 fully saturated rings. The van der Waals surface area contributed by atoms with Crippen LogP contribution in [0, 0.1) is 6.92 Å². The van der Waals surface area contributed by atoms with E-state index in [0.717, 1.165) is 16.1 Å². The van der Waals surface area contributed by atoms with Gasteiger partial charge in [0.05, 0.1) is 15.2 Å². The van der Waals surface area contributed by atoms with E-state index in [1.165, 1.54) is 10.3 Å². The van der Waals surface area contributed by atoms with Gasteiger partial charge in [-0.15, -0.1) is 11.3 Å². The van der Waals surface area contributed by atoms with Gasteiger partial charge in [0.1, 0.15) is 0 Å². The zero-order valence-electron chi connectivity index (χ0n) is 10.8. The summed E-state index contributed by atoms with van der Waals surface area (Å²) in [7, 11) is 0. The highest BCUT2D eigenvalue weighted by Gasteiger charge is 2.11. The third-order valence-electron chi connectivity index (χ3n) is 3.08. The van der Waals surface area contributed by atoms with Gasteiger partial charge >= 0.3 is 0 Å². The molecule has 1 aromatic heterocycles. The Labute approximate surface area is 131 Å². The van der Waals surface area contributed by atoms with Gasteiger partial charge in [0.2, 0.25) is 0 Å². The zero-order chi connectivity index (χ0) is 14.3. The Bertz CT molecular complexity index is 773. The topological polar surface area (TPSA) is 38.9 Å². The first-order chi connectivity index (χ1) is 9.52. The molecule has 102 valence electrons. The van der Waals surface area contributed by atoms with Gasteiger partial charge in [-0.05, 0) is 42.3 Å². The number of benzene rings is 2. The molecule has 20 heavy (non-hydrogen) atoms. The van der Waals surface area contributed by atoms with Crippen molar-refractivity contribution in [1.82, 2.24) is 4.98 Å². The number of fused-ring (bicyclic) bond motifs is 1. The summed E-state index contributed by atoms with van der Waals surface area (Å²) < 4.78 is 1.17. The fraction of sp³-hybridized carbons (Fsp3) is 0.133. The molecule has 0 aliphatic heterocycles. The number of aromatic nitrogens is 1. The molecule has 2 nitrogen and oxygen atoms in total. The number of rotatable bonds is 2. The molecule has 0 aliphatic carbocycles. The lowest BCUT2D eigenvalue weighted by molar-refractivity contribution is 1.15. The first kappa shape index (κ1) is 13.7. The normalized spacial score (nSPS) is 11.2. The molecular weight excluding hydrogens is 311 g/mol. The third-order valence-corrected chi connectivity index (χ3v) is 4.79. The first-order valence-corrected chi connectivity index (χ1v) is 7.69. The van der Waals surface area contributed by atoms with E-state index in [0.29, 0.717) is 22.2 Å². The van der Waals surface area contributed by atoms with Gasteiger partial charge in [-0.2, -0.15) is 0 Å². The maximum Gasteiger partial charge on any atom is 0.0983 e. The van der Waals surface area contributed by atoms with E-state index in [-0.39, 0.29) is 0 Å². The molecule has 2 aromatic carbocycles. The van der Waals surface area contributed by atoms with Crippen LogP contribution in [0.3, 0.4) is 0 Å². The number of hydrogen-bond acceptors (Lipinski definition) is 3. The number of thiazole rings is 1. The third kappa shape index (κ3) is 2.62. The molecule has 0 saturated carbocycles. The molecule has 0 saturated heterocycles. The zero-order valence-corrected chi connectivity index (χ0v) is 13.1. The summed E-state index contributed by atoms with van der Waals surface area (Å²) in [4.78, 5) is 4.64. The predicted molar refractivity (Wildman–Crippen MR) is 88.0 cm³/mol. The number of nitrogens with two attached hydrogens (primary N) is 1. The maximum absolute atomic E-state index is 6.22. The van der Waals surface area contributed by atoms with E-state index in [9.17, 15) is 0 Å². The van der Waals surface area contributed by atoms with Crippen molar-refractivity contribution in [2.24, 2.45) is 0 Å². The molecule has 3 rings (SSSR count). The number of halogens is 2. The van der Waals surface area contributed by atoms with Crippen molar-refractivity contribution in [3.05, 3.63) is 56.5 Å². The van der Waals surface area contributed by atoms with E-state index >= 15 is 0 Å². The molecular formula is C15H12Cl2N2S. The second kappa shape index (κ2) is 5.24. The monoisotopic (exact) mass is 322 g/mol. The molecule has 1 heterocycles. The summed E-state index contributed by atoms with van der Waals surface area (Å²) in [5.41, 5.74) is 9.39. The van der Waals surface area contributed by atoms with Crippen LogP contribution in [0.15, 0.2) is 30.3 Å². The molecule has 5 heteroatoms. The van der Waals surface area contributed by atoms with Crippen LogP contribution in [-0.4, -0.2) is 4.98 Å². The molecule has 0 atom stereocenters. The highest BCUT2D eigenvalue weighted by atomic mass is 35.5. The van der Waals surface area contributed by atoms with E-state index in [4.69, 9.17) is 28.9 Å². The minimum Gasteiger partial charge on any atom is -0.399 e. The van der Waals surface area contributed by atoms with Crippen LogP contribution < -0.4 is 5.73 Å². The van der Waals surface area contributed by atoms with Crippen LogP contribution >= 0.6 is 34.5 Å². The van der Waals surface area contributed by atoms with Crippen molar-refractivity contribution >= 4 is 50.4 Å². The lowest BCUT2D eigenvalue weighted by Gasteiger charge is -2.06. The van der Waals surface area contributed by atoms with Crippen LogP contribution in [-0.2, 0) is 6.42 Å². The predicted octanol–water partition coefficient (Wildman–Crippen LogP) is 5.08. The van der Waals surface area contributed by atoms with Gasteiger partial charge in [-0.3, -0.25) is 0 Å². The Balaban J connectivity index is 2.01. The minimum absolute atomic E-state index is 0.573. The quantitative estimate of drug-likeness (QED) is 0.668. The Morgan fingerprint density at radius 1 is 1.15 bits per heavy atom. The summed E-state index contributed by atoms with van der Waals surface area (Å²) in [5, 5.41) is 2.18. The first-order valence-electron chi connectivity index (χ1n) is 6.12. The van der Waals surface area contributed by atoms with Crippen molar-refractivity contribution < 1.29 is 0 Å². The van der Waals surface area contributed by atoms with Gasteiger partial charge < -0.3 is 5.73 Å². The second-order valence-electron chi connectivity index (χ2n) is 4.72. The Morgan fingerprint density at radius 3 is 2.55 bits per heavy atom. The number of anilines is 1. The number of nitrogen functional groups attached to an aromatic ring is 1. The van der Waals surface area contributed by atoms with Crippen LogP contribution in [0.25, 0.3) is 10.2 Å². The van der Waals surface area contributed by atoms with Crippen molar-refractivity contribution in [2.45, 2.75) is 13.3 Å². The van der Waals surface area contributed by atoms with E-state index < -0.39 is 0 Å². The standard InChI is InChI=1S/C15H12Cl2N2S/c1-8-2-3-14-13(4-8)19-15(20-14)7-10-11(16)5-9(18)6-12(10)17/h2-6H,7,18H2,1H3. The summed E-state index contributed by atoms with van der Waals surface area (Å²) in [6.45, 7) is 2.06. The van der Waals surface area contributed by atoms with Crippen molar-refractivity contribution in [1.29, 1.82) is 0 Å². The Hall–Kier alpha value is -1.29. The SMILES string of the molecule is Cc1ccc2sc(Cc3c(Cl)cc(N)cc3Cl)nc2c1. The summed E-state index contributed by atoms with van der Waals surface area (Å²) in [5.74, 6) is 0. The number of hydrogen-bond donors (Lipinski definition) is 1. The van der Waals surface area contributed by atoms with Gasteiger partial charge in [0.15, 0.2) is 0 Å². The minimum atomic E-state index is 0.573. The highest BCUT2D eigenvalue weighted by Crippen LogP contribution is 2.32. The maximum atomic E-state index is 6.22. The summed E-state index contributed by atoms with van der Waals surface area (Å²) in [6, 6.07) is 9.72. The smallest absolute Gasteiger partial charge is 0.0983 e. The molecule has 0 unspecified atom stereocenters. The van der Waals surface area contributed by atoms with Crippen molar-refractivity contribution in [3.8, 4) is 0 Å². The summed E-state index contributed by atoms with van der Waals surface area (Å²) >= 11 is 14.1. The second-order valence-corrected chi connectivity index (χ2v) is 6.65. The molecule has 2 N–H and O–H groups in total. The molecule has 0 amide bonds. The molecule has 0 radical (unpaired) electrons. The average Bonchev–Trinajstić information content (AvgIpc) is 2.75. The molecule has 0 aliphatic rings. The van der Waals surface area contributed by atoms with Crippen LogP contribution in [0.2, 0.25) is 10.0 Å². The van der Waals surface area contributed by atoms with Gasteiger partial charge in [0, 0.05) is 22.2 Å². The fourth-order valence-electron chi connectivity index (χ4n) is 2.10.